The molecule has 0 bridgehead atoms. The second kappa shape index (κ2) is 7.10. The highest BCUT2D eigenvalue weighted by molar-refractivity contribution is 6.09. The molecule has 1 saturated carbocycles. The van der Waals surface area contributed by atoms with Crippen LogP contribution >= 0.6 is 0 Å². The Bertz CT molecular complexity index is 889. The quantitative estimate of drug-likeness (QED) is 0.706. The Labute approximate surface area is 162 Å². The third-order valence-corrected chi connectivity index (χ3v) is 5.44. The Morgan fingerprint density at radius 3 is 2.68 bits per heavy atom. The summed E-state index contributed by atoms with van der Waals surface area (Å²) in [5.41, 5.74) is 1.19. The minimum atomic E-state index is -0.853. The van der Waals surface area contributed by atoms with Gasteiger partial charge in [-0.2, -0.15) is 5.10 Å². The van der Waals surface area contributed by atoms with Crippen molar-refractivity contribution in [1.82, 2.24) is 25.3 Å². The molecule has 28 heavy (non-hydrogen) atoms. The van der Waals surface area contributed by atoms with Gasteiger partial charge in [0.25, 0.3) is 5.91 Å². The number of nitrogens with zero attached hydrogens (tertiary/aromatic N) is 3. The number of benzene rings is 1. The third-order valence-electron chi connectivity index (χ3n) is 5.44. The van der Waals surface area contributed by atoms with Gasteiger partial charge in [0.05, 0.1) is 5.69 Å². The molecule has 1 aliphatic carbocycles. The van der Waals surface area contributed by atoms with Gasteiger partial charge in [0, 0.05) is 18.9 Å². The molecule has 1 aromatic heterocycles. The molecule has 4 amide bonds. The number of nitrogens with one attached hydrogen (secondary N) is 2. The molecule has 1 atom stereocenters. The normalized spacial score (nSPS) is 21.7. The van der Waals surface area contributed by atoms with Crippen LogP contribution in [0.4, 0.5) is 4.79 Å². The molecule has 0 radical (unpaired) electrons. The molecular formula is C20H23N5O3. The molecule has 2 N–H and O–H groups in total. The lowest BCUT2D eigenvalue weighted by molar-refractivity contribution is -0.135. The molecule has 1 saturated heterocycles. The molecular weight excluding hydrogens is 358 g/mol. The van der Waals surface area contributed by atoms with Crippen LogP contribution in [0.25, 0.3) is 5.69 Å². The van der Waals surface area contributed by atoms with Crippen molar-refractivity contribution in [2.45, 2.75) is 31.7 Å². The van der Waals surface area contributed by atoms with E-state index in [1.165, 1.54) is 0 Å². The number of hydrogen-bond donors (Lipinski definition) is 2. The maximum absolute atomic E-state index is 12.5. The van der Waals surface area contributed by atoms with Crippen molar-refractivity contribution in [2.24, 2.45) is 5.92 Å². The molecule has 146 valence electrons. The summed E-state index contributed by atoms with van der Waals surface area (Å²) in [6, 6.07) is 9.29. The average Bonchev–Trinajstić information content (AvgIpc) is 3.36. The standard InChI is InChI=1S/C20H23N5O3/c1-20(15-5-6-15)18(27)24(19(28)23-20)13-17(26)21-11-9-14-3-7-16(8-4-14)25-12-2-10-22-25/h2-4,7-8,10,12,15H,5-6,9,11,13H2,1H3,(H,21,26)(H,23,28). The molecule has 8 nitrogen and oxygen atoms in total. The van der Waals surface area contributed by atoms with E-state index in [1.54, 1.807) is 17.8 Å². The van der Waals surface area contributed by atoms with Gasteiger partial charge in [-0.1, -0.05) is 12.1 Å². The summed E-state index contributed by atoms with van der Waals surface area (Å²) < 4.78 is 1.78. The Balaban J connectivity index is 1.26. The number of carbonyl (C=O) groups is 3. The first-order valence-electron chi connectivity index (χ1n) is 9.47. The van der Waals surface area contributed by atoms with E-state index in [-0.39, 0.29) is 24.3 Å². The summed E-state index contributed by atoms with van der Waals surface area (Å²) in [5.74, 6) is -0.456. The summed E-state index contributed by atoms with van der Waals surface area (Å²) in [6.45, 7) is 1.93. The van der Waals surface area contributed by atoms with Gasteiger partial charge in [0.1, 0.15) is 12.1 Å². The van der Waals surface area contributed by atoms with Crippen molar-refractivity contribution in [1.29, 1.82) is 0 Å². The Morgan fingerprint density at radius 2 is 2.04 bits per heavy atom. The second-order valence-electron chi connectivity index (χ2n) is 7.52. The smallest absolute Gasteiger partial charge is 0.325 e. The van der Waals surface area contributed by atoms with Gasteiger partial charge in [0.2, 0.25) is 5.91 Å². The summed E-state index contributed by atoms with van der Waals surface area (Å²) in [6.07, 6.45) is 6.12. The van der Waals surface area contributed by atoms with E-state index in [0.717, 1.165) is 29.0 Å². The van der Waals surface area contributed by atoms with Crippen molar-refractivity contribution in [2.75, 3.05) is 13.1 Å². The van der Waals surface area contributed by atoms with Crippen LogP contribution in [0.2, 0.25) is 0 Å². The fraction of sp³-hybridized carbons (Fsp3) is 0.400. The summed E-state index contributed by atoms with van der Waals surface area (Å²) in [7, 11) is 0. The van der Waals surface area contributed by atoms with Crippen LogP contribution in [0.3, 0.4) is 0 Å². The van der Waals surface area contributed by atoms with Crippen LogP contribution in [0.15, 0.2) is 42.7 Å². The number of imide groups is 1. The minimum Gasteiger partial charge on any atom is -0.354 e. The van der Waals surface area contributed by atoms with E-state index < -0.39 is 11.6 Å². The van der Waals surface area contributed by atoms with Crippen molar-refractivity contribution in [3.8, 4) is 5.69 Å². The van der Waals surface area contributed by atoms with Gasteiger partial charge in [-0.15, -0.1) is 0 Å². The van der Waals surface area contributed by atoms with Gasteiger partial charge in [0.15, 0.2) is 0 Å². The van der Waals surface area contributed by atoms with Gasteiger partial charge >= 0.3 is 6.03 Å². The number of urea groups is 1. The lowest BCUT2D eigenvalue weighted by atomic mass is 9.96. The lowest BCUT2D eigenvalue weighted by Gasteiger charge is -2.20. The molecule has 4 rings (SSSR count). The molecule has 1 aromatic carbocycles. The second-order valence-corrected chi connectivity index (χ2v) is 7.52. The lowest BCUT2D eigenvalue weighted by Crippen LogP contribution is -2.47. The molecule has 1 unspecified atom stereocenters. The minimum absolute atomic E-state index is 0.182. The highest BCUT2D eigenvalue weighted by atomic mass is 16.2. The van der Waals surface area contributed by atoms with Gasteiger partial charge in [-0.25, -0.2) is 9.48 Å². The average molecular weight is 381 g/mol. The summed E-state index contributed by atoms with van der Waals surface area (Å²) in [4.78, 5) is 37.8. The fourth-order valence-electron chi connectivity index (χ4n) is 3.58. The van der Waals surface area contributed by atoms with Gasteiger partial charge < -0.3 is 10.6 Å². The molecule has 2 heterocycles. The van der Waals surface area contributed by atoms with E-state index in [0.29, 0.717) is 13.0 Å². The number of carbonyl (C=O) groups excluding carboxylic acids is 3. The number of aromatic nitrogens is 2. The van der Waals surface area contributed by atoms with E-state index in [4.69, 9.17) is 0 Å². The predicted molar refractivity (Wildman–Crippen MR) is 102 cm³/mol. The Hall–Kier alpha value is -3.16. The van der Waals surface area contributed by atoms with Crippen LogP contribution < -0.4 is 10.6 Å². The van der Waals surface area contributed by atoms with Crippen LogP contribution in [0, 0.1) is 5.92 Å². The number of hydrogen-bond acceptors (Lipinski definition) is 4. The van der Waals surface area contributed by atoms with E-state index >= 15 is 0 Å². The molecule has 8 heteroatoms. The maximum Gasteiger partial charge on any atom is 0.325 e. The van der Waals surface area contributed by atoms with Gasteiger partial charge in [-0.05, 0) is 55.9 Å². The van der Waals surface area contributed by atoms with Crippen LogP contribution in [0.5, 0.6) is 0 Å². The van der Waals surface area contributed by atoms with Crippen molar-refractivity contribution < 1.29 is 14.4 Å². The Morgan fingerprint density at radius 1 is 1.29 bits per heavy atom. The number of amides is 4. The highest BCUT2D eigenvalue weighted by Crippen LogP contribution is 2.42. The van der Waals surface area contributed by atoms with Gasteiger partial charge in [-0.3, -0.25) is 14.5 Å². The molecule has 2 aromatic rings. The van der Waals surface area contributed by atoms with Crippen molar-refractivity contribution >= 4 is 17.8 Å². The largest absolute Gasteiger partial charge is 0.354 e. The predicted octanol–water partition coefficient (Wildman–Crippen LogP) is 1.25. The summed E-state index contributed by atoms with van der Waals surface area (Å²) >= 11 is 0. The monoisotopic (exact) mass is 381 g/mol. The zero-order chi connectivity index (χ0) is 19.7. The first-order chi connectivity index (χ1) is 13.5. The summed E-state index contributed by atoms with van der Waals surface area (Å²) in [5, 5.41) is 9.71. The topological polar surface area (TPSA) is 96.3 Å². The SMILES string of the molecule is CC1(C2CC2)NC(=O)N(CC(=O)NCCc2ccc(-n3cccn3)cc2)C1=O. The van der Waals surface area contributed by atoms with Crippen LogP contribution in [0.1, 0.15) is 25.3 Å². The highest BCUT2D eigenvalue weighted by Gasteiger charge is 2.56. The first kappa shape index (κ1) is 18.2. The molecule has 2 fully saturated rings. The molecule has 2 aliphatic rings. The van der Waals surface area contributed by atoms with Crippen LogP contribution in [-0.4, -0.2) is 51.2 Å². The molecule has 0 spiro atoms. The third kappa shape index (κ3) is 3.49. The first-order valence-corrected chi connectivity index (χ1v) is 9.47. The zero-order valence-corrected chi connectivity index (χ0v) is 15.7. The Kier molecular flexibility index (Phi) is 4.62. The van der Waals surface area contributed by atoms with E-state index in [9.17, 15) is 14.4 Å². The fourth-order valence-corrected chi connectivity index (χ4v) is 3.58. The van der Waals surface area contributed by atoms with Crippen LogP contribution in [-0.2, 0) is 16.0 Å². The van der Waals surface area contributed by atoms with E-state index in [1.807, 2.05) is 36.5 Å². The maximum atomic E-state index is 12.5. The van der Waals surface area contributed by atoms with Crippen molar-refractivity contribution in [3.63, 3.8) is 0 Å². The molecule has 1 aliphatic heterocycles. The number of rotatable bonds is 7. The zero-order valence-electron chi connectivity index (χ0n) is 15.7. The van der Waals surface area contributed by atoms with E-state index in [2.05, 4.69) is 15.7 Å². The van der Waals surface area contributed by atoms with Crippen molar-refractivity contribution in [3.05, 3.63) is 48.3 Å².